The van der Waals surface area contributed by atoms with Crippen LogP contribution in [0.4, 0.5) is 0 Å². The smallest absolute Gasteiger partial charge is 0.281 e. The molecule has 6 nitrogen and oxygen atoms in total. The summed E-state index contributed by atoms with van der Waals surface area (Å²) in [7, 11) is 0.222. The molecule has 1 fully saturated rings. The number of nitrogens with zero attached hydrogens (tertiary/aromatic N) is 3. The van der Waals surface area contributed by atoms with Crippen LogP contribution in [0.25, 0.3) is 0 Å². The van der Waals surface area contributed by atoms with E-state index in [0.717, 1.165) is 19.5 Å². The maximum Gasteiger partial charge on any atom is 0.281 e. The van der Waals surface area contributed by atoms with Crippen molar-refractivity contribution < 1.29 is 13.5 Å². The van der Waals surface area contributed by atoms with Crippen molar-refractivity contribution in [1.82, 2.24) is 13.5 Å². The molecule has 1 heterocycles. The van der Waals surface area contributed by atoms with E-state index in [9.17, 15) is 8.42 Å². The number of likely N-dealkylation sites (N-methyl/N-ethyl adjacent to an activating group) is 1. The van der Waals surface area contributed by atoms with Crippen LogP contribution in [0.5, 0.6) is 0 Å². The molecule has 102 valence electrons. The van der Waals surface area contributed by atoms with E-state index in [1.807, 2.05) is 7.05 Å². The molecule has 0 atom stereocenters. The lowest BCUT2D eigenvalue weighted by Crippen LogP contribution is -2.43. The third-order valence-electron chi connectivity index (χ3n) is 3.03. The second kappa shape index (κ2) is 6.65. The molecule has 1 aliphatic rings. The average molecular weight is 265 g/mol. The molecule has 1 rings (SSSR count). The molecule has 1 N–H and O–H groups in total. The van der Waals surface area contributed by atoms with Crippen molar-refractivity contribution in [2.24, 2.45) is 0 Å². The van der Waals surface area contributed by atoms with Gasteiger partial charge in [-0.25, -0.2) is 0 Å². The maximum atomic E-state index is 12.2. The number of hydrogen-bond donors (Lipinski definition) is 1. The number of rotatable bonds is 5. The molecule has 0 radical (unpaired) electrons. The standard InChI is InChI=1S/C10H23N3O3S/c1-11-5-3-7-13(9-8-11)17(15,16)12(2)6-4-10-14/h14H,3-10H2,1-2H3. The van der Waals surface area contributed by atoms with E-state index in [0.29, 0.717) is 26.1 Å². The summed E-state index contributed by atoms with van der Waals surface area (Å²) in [5, 5.41) is 8.73. The van der Waals surface area contributed by atoms with Gasteiger partial charge >= 0.3 is 0 Å². The lowest BCUT2D eigenvalue weighted by molar-refractivity contribution is 0.271. The van der Waals surface area contributed by atoms with E-state index in [1.54, 1.807) is 7.05 Å². The summed E-state index contributed by atoms with van der Waals surface area (Å²) in [5.74, 6) is 0. The van der Waals surface area contributed by atoms with E-state index in [1.165, 1.54) is 8.61 Å². The Morgan fingerprint density at radius 3 is 2.59 bits per heavy atom. The lowest BCUT2D eigenvalue weighted by atomic mass is 10.4. The van der Waals surface area contributed by atoms with E-state index < -0.39 is 10.2 Å². The topological polar surface area (TPSA) is 64.1 Å². The molecule has 0 spiro atoms. The molecule has 1 saturated heterocycles. The molecule has 1 aliphatic heterocycles. The summed E-state index contributed by atoms with van der Waals surface area (Å²) in [6, 6.07) is 0. The largest absolute Gasteiger partial charge is 0.396 e. The van der Waals surface area contributed by atoms with Gasteiger partial charge in [0.15, 0.2) is 0 Å². The number of aliphatic hydroxyl groups is 1. The highest BCUT2D eigenvalue weighted by Gasteiger charge is 2.27. The predicted octanol–water partition coefficient (Wildman–Crippen LogP) is -0.817. The highest BCUT2D eigenvalue weighted by Crippen LogP contribution is 2.10. The monoisotopic (exact) mass is 265 g/mol. The molecule has 0 bridgehead atoms. The van der Waals surface area contributed by atoms with Crippen molar-refractivity contribution in [2.75, 3.05) is 53.4 Å². The quantitative estimate of drug-likeness (QED) is 0.706. The van der Waals surface area contributed by atoms with Gasteiger partial charge in [-0.1, -0.05) is 0 Å². The first kappa shape index (κ1) is 14.8. The third-order valence-corrected chi connectivity index (χ3v) is 5.02. The fourth-order valence-electron chi connectivity index (χ4n) is 1.86. The van der Waals surface area contributed by atoms with Crippen molar-refractivity contribution in [3.63, 3.8) is 0 Å². The third kappa shape index (κ3) is 4.18. The zero-order valence-electron chi connectivity index (χ0n) is 10.7. The van der Waals surface area contributed by atoms with Crippen molar-refractivity contribution in [2.45, 2.75) is 12.8 Å². The normalized spacial score (nSPS) is 20.7. The summed E-state index contributed by atoms with van der Waals surface area (Å²) >= 11 is 0. The van der Waals surface area contributed by atoms with Gasteiger partial charge in [0, 0.05) is 39.8 Å². The minimum atomic E-state index is -3.35. The molecule has 0 saturated carbocycles. The molecular formula is C10H23N3O3S. The van der Waals surface area contributed by atoms with Crippen LogP contribution >= 0.6 is 0 Å². The molecule has 0 aromatic rings. The van der Waals surface area contributed by atoms with Crippen LogP contribution in [0.2, 0.25) is 0 Å². The van der Waals surface area contributed by atoms with Gasteiger partial charge < -0.3 is 10.0 Å². The first-order chi connectivity index (χ1) is 7.98. The Kier molecular flexibility index (Phi) is 5.81. The van der Waals surface area contributed by atoms with Gasteiger partial charge in [0.25, 0.3) is 10.2 Å². The van der Waals surface area contributed by atoms with Crippen LogP contribution in [0.1, 0.15) is 12.8 Å². The van der Waals surface area contributed by atoms with Gasteiger partial charge in [0.1, 0.15) is 0 Å². The first-order valence-corrected chi connectivity index (χ1v) is 7.39. The van der Waals surface area contributed by atoms with Gasteiger partial charge in [-0.2, -0.15) is 17.0 Å². The first-order valence-electron chi connectivity index (χ1n) is 5.99. The Morgan fingerprint density at radius 2 is 1.94 bits per heavy atom. The summed E-state index contributed by atoms with van der Waals surface area (Å²) in [6.07, 6.45) is 1.34. The van der Waals surface area contributed by atoms with E-state index in [2.05, 4.69) is 4.90 Å². The van der Waals surface area contributed by atoms with Crippen LogP contribution in [0.15, 0.2) is 0 Å². The predicted molar refractivity (Wildman–Crippen MR) is 66.9 cm³/mol. The second-order valence-electron chi connectivity index (χ2n) is 4.46. The van der Waals surface area contributed by atoms with E-state index >= 15 is 0 Å². The Bertz CT molecular complexity index is 321. The highest BCUT2D eigenvalue weighted by atomic mass is 32.2. The Labute approximate surface area is 104 Å². The second-order valence-corrected chi connectivity index (χ2v) is 6.50. The minimum Gasteiger partial charge on any atom is -0.396 e. The number of aliphatic hydroxyl groups excluding tert-OH is 1. The number of hydrogen-bond acceptors (Lipinski definition) is 4. The Morgan fingerprint density at radius 1 is 1.24 bits per heavy atom. The zero-order valence-corrected chi connectivity index (χ0v) is 11.5. The fourth-order valence-corrected chi connectivity index (χ4v) is 3.29. The zero-order chi connectivity index (χ0) is 12.9. The fraction of sp³-hybridized carbons (Fsp3) is 1.00. The molecule has 0 amide bonds. The summed E-state index contributed by atoms with van der Waals surface area (Å²) < 4.78 is 27.3. The summed E-state index contributed by atoms with van der Waals surface area (Å²) in [5.41, 5.74) is 0. The molecule has 17 heavy (non-hydrogen) atoms. The van der Waals surface area contributed by atoms with Crippen molar-refractivity contribution in [3.8, 4) is 0 Å². The van der Waals surface area contributed by atoms with Crippen molar-refractivity contribution in [3.05, 3.63) is 0 Å². The molecular weight excluding hydrogens is 242 g/mol. The van der Waals surface area contributed by atoms with Gasteiger partial charge in [-0.15, -0.1) is 0 Å². The minimum absolute atomic E-state index is 0.0165. The van der Waals surface area contributed by atoms with Gasteiger partial charge in [-0.3, -0.25) is 0 Å². The maximum absolute atomic E-state index is 12.2. The van der Waals surface area contributed by atoms with Gasteiger partial charge in [0.2, 0.25) is 0 Å². The van der Waals surface area contributed by atoms with Crippen molar-refractivity contribution in [1.29, 1.82) is 0 Å². The summed E-state index contributed by atoms with van der Waals surface area (Å²) in [4.78, 5) is 2.14. The molecule has 0 aromatic carbocycles. The lowest BCUT2D eigenvalue weighted by Gasteiger charge is -2.26. The van der Waals surface area contributed by atoms with Crippen LogP contribution in [-0.4, -0.2) is 80.5 Å². The molecule has 0 aliphatic carbocycles. The SMILES string of the molecule is CN1CCCN(S(=O)(=O)N(C)CCCO)CC1. The van der Waals surface area contributed by atoms with Gasteiger partial charge in [0.05, 0.1) is 0 Å². The van der Waals surface area contributed by atoms with Crippen LogP contribution < -0.4 is 0 Å². The van der Waals surface area contributed by atoms with E-state index in [4.69, 9.17) is 5.11 Å². The molecule has 7 heteroatoms. The highest BCUT2D eigenvalue weighted by molar-refractivity contribution is 7.86. The van der Waals surface area contributed by atoms with Crippen LogP contribution in [0, 0.1) is 0 Å². The van der Waals surface area contributed by atoms with Crippen molar-refractivity contribution >= 4 is 10.2 Å². The molecule has 0 aromatic heterocycles. The molecule has 0 unspecified atom stereocenters. The average Bonchev–Trinajstić information content (AvgIpc) is 2.51. The Hall–Kier alpha value is -0.210. The van der Waals surface area contributed by atoms with Crippen LogP contribution in [0.3, 0.4) is 0 Å². The van der Waals surface area contributed by atoms with Gasteiger partial charge in [-0.05, 0) is 26.4 Å². The summed E-state index contributed by atoms with van der Waals surface area (Å²) in [6.45, 7) is 3.21. The van der Waals surface area contributed by atoms with Crippen LogP contribution in [-0.2, 0) is 10.2 Å². The van der Waals surface area contributed by atoms with E-state index in [-0.39, 0.29) is 6.61 Å². The Balaban J connectivity index is 2.62.